The van der Waals surface area contributed by atoms with Crippen LogP contribution in [0.25, 0.3) is 5.78 Å². The van der Waals surface area contributed by atoms with Gasteiger partial charge in [-0.2, -0.15) is 13.2 Å². The first-order chi connectivity index (χ1) is 18.6. The zero-order valence-corrected chi connectivity index (χ0v) is 21.6. The first-order valence-corrected chi connectivity index (χ1v) is 12.5. The monoisotopic (exact) mass is 532 g/mol. The summed E-state index contributed by atoms with van der Waals surface area (Å²) in [7, 11) is 2.02. The van der Waals surface area contributed by atoms with Crippen molar-refractivity contribution in [3.63, 3.8) is 0 Å². The summed E-state index contributed by atoms with van der Waals surface area (Å²) in [5.41, 5.74) is 2.29. The molecule has 10 heteroatoms. The van der Waals surface area contributed by atoms with Crippen LogP contribution < -0.4 is 5.32 Å². The molecule has 1 aliphatic rings. The first kappa shape index (κ1) is 26.4. The van der Waals surface area contributed by atoms with Crippen molar-refractivity contribution in [2.24, 2.45) is 0 Å². The Balaban J connectivity index is 1.36. The van der Waals surface area contributed by atoms with Crippen LogP contribution in [0.3, 0.4) is 0 Å². The molecule has 1 fully saturated rings. The van der Waals surface area contributed by atoms with Crippen molar-refractivity contribution in [3.05, 3.63) is 94.6 Å². The maximum Gasteiger partial charge on any atom is 0.416 e. The van der Waals surface area contributed by atoms with E-state index >= 15 is 0 Å². The van der Waals surface area contributed by atoms with E-state index in [0.29, 0.717) is 34.6 Å². The zero-order chi connectivity index (χ0) is 27.6. The lowest BCUT2D eigenvalue weighted by atomic mass is 10.0. The number of aromatic nitrogens is 3. The fraction of sp³-hybridized carbons (Fsp3) is 0.276. The molecule has 1 aliphatic heterocycles. The number of amides is 1. The normalized spacial score (nSPS) is 14.7. The Hall–Kier alpha value is -4.20. The van der Waals surface area contributed by atoms with Crippen molar-refractivity contribution >= 4 is 17.4 Å². The van der Waals surface area contributed by atoms with Crippen LogP contribution in [0.1, 0.15) is 38.2 Å². The highest BCUT2D eigenvalue weighted by molar-refractivity contribution is 6.04. The first-order valence-electron chi connectivity index (χ1n) is 12.5. The highest BCUT2D eigenvalue weighted by atomic mass is 19.4. The molecule has 1 N–H and O–H groups in total. The standard InChI is InChI=1S/C29H27F3N6O/c1-20-3-5-24(15-23(20)6-4-21-17-34-28-33-7-8-38(28)19-21)27(39)35-26-14-22(13-25(16-26)29(30,31)32)18-37-11-9-36(2)10-12-37/h3,5,7-8,13-17,19H,9-12,18H2,1-2H3,(H,35,39). The van der Waals surface area contributed by atoms with Crippen LogP contribution in [-0.4, -0.2) is 63.3 Å². The summed E-state index contributed by atoms with van der Waals surface area (Å²) >= 11 is 0. The van der Waals surface area contributed by atoms with Crippen LogP contribution in [0, 0.1) is 18.8 Å². The van der Waals surface area contributed by atoms with Crippen LogP contribution in [0.15, 0.2) is 61.2 Å². The number of hydrogen-bond acceptors (Lipinski definition) is 5. The number of halogens is 3. The minimum atomic E-state index is -4.53. The molecule has 2 aromatic carbocycles. The number of anilines is 1. The Bertz CT molecular complexity index is 1580. The SMILES string of the molecule is Cc1ccc(C(=O)Nc2cc(CN3CCN(C)CC3)cc(C(F)(F)F)c2)cc1C#Cc1cnc2nccn2c1. The second-order valence-electron chi connectivity index (χ2n) is 9.71. The molecule has 4 aromatic rings. The number of likely N-dealkylation sites (N-methyl/N-ethyl adjacent to an activating group) is 1. The molecule has 7 nitrogen and oxygen atoms in total. The van der Waals surface area contributed by atoms with Crippen molar-refractivity contribution in [2.75, 3.05) is 38.5 Å². The predicted molar refractivity (Wildman–Crippen MR) is 142 cm³/mol. The van der Waals surface area contributed by atoms with Crippen LogP contribution >= 0.6 is 0 Å². The van der Waals surface area contributed by atoms with Gasteiger partial charge < -0.3 is 10.2 Å². The number of benzene rings is 2. The number of carbonyl (C=O) groups is 1. The molecular weight excluding hydrogens is 505 g/mol. The summed E-state index contributed by atoms with van der Waals surface area (Å²) in [6.45, 7) is 5.51. The third-order valence-electron chi connectivity index (χ3n) is 6.67. The van der Waals surface area contributed by atoms with E-state index in [0.717, 1.165) is 43.9 Å². The molecule has 1 amide bonds. The quantitative estimate of drug-likeness (QED) is 0.394. The molecule has 2 aromatic heterocycles. The van der Waals surface area contributed by atoms with E-state index < -0.39 is 17.6 Å². The Morgan fingerprint density at radius 1 is 1.05 bits per heavy atom. The molecular formula is C29H27F3N6O. The number of aryl methyl sites for hydroxylation is 1. The summed E-state index contributed by atoms with van der Waals surface area (Å²) in [6, 6.07) is 8.77. The van der Waals surface area contributed by atoms with Gasteiger partial charge in [-0.1, -0.05) is 17.9 Å². The maximum absolute atomic E-state index is 13.7. The minimum Gasteiger partial charge on any atom is -0.322 e. The topological polar surface area (TPSA) is 65.8 Å². The highest BCUT2D eigenvalue weighted by Gasteiger charge is 2.31. The zero-order valence-electron chi connectivity index (χ0n) is 21.6. The molecule has 0 aliphatic carbocycles. The Morgan fingerprint density at radius 2 is 1.85 bits per heavy atom. The number of imidazole rings is 1. The fourth-order valence-corrected chi connectivity index (χ4v) is 4.40. The van der Waals surface area contributed by atoms with Gasteiger partial charge in [0.05, 0.1) is 11.1 Å². The number of nitrogens with one attached hydrogen (secondary N) is 1. The second kappa shape index (κ2) is 10.9. The molecule has 1 saturated heterocycles. The summed E-state index contributed by atoms with van der Waals surface area (Å²) in [6.07, 6.45) is 2.31. The van der Waals surface area contributed by atoms with Gasteiger partial charge in [0.1, 0.15) is 0 Å². The lowest BCUT2D eigenvalue weighted by molar-refractivity contribution is -0.137. The van der Waals surface area contributed by atoms with Gasteiger partial charge in [0, 0.05) is 74.3 Å². The van der Waals surface area contributed by atoms with Crippen LogP contribution in [0.5, 0.6) is 0 Å². The molecule has 0 bridgehead atoms. The maximum atomic E-state index is 13.7. The Kier molecular flexibility index (Phi) is 7.37. The summed E-state index contributed by atoms with van der Waals surface area (Å²) in [5, 5.41) is 2.66. The van der Waals surface area contributed by atoms with Gasteiger partial charge in [-0.15, -0.1) is 0 Å². The number of alkyl halides is 3. The van der Waals surface area contributed by atoms with Gasteiger partial charge in [0.15, 0.2) is 0 Å². The smallest absolute Gasteiger partial charge is 0.322 e. The Labute approximate surface area is 224 Å². The molecule has 0 unspecified atom stereocenters. The molecule has 0 spiro atoms. The van der Waals surface area contributed by atoms with Crippen LogP contribution in [-0.2, 0) is 12.7 Å². The van der Waals surface area contributed by atoms with E-state index in [1.165, 1.54) is 0 Å². The molecule has 3 heterocycles. The molecule has 39 heavy (non-hydrogen) atoms. The molecule has 0 saturated carbocycles. The van der Waals surface area contributed by atoms with Gasteiger partial charge in [-0.25, -0.2) is 9.97 Å². The van der Waals surface area contributed by atoms with Gasteiger partial charge in [0.2, 0.25) is 5.78 Å². The largest absolute Gasteiger partial charge is 0.416 e. The van der Waals surface area contributed by atoms with Gasteiger partial charge in [0.25, 0.3) is 5.91 Å². The van der Waals surface area contributed by atoms with Gasteiger partial charge in [-0.3, -0.25) is 14.1 Å². The third-order valence-corrected chi connectivity index (χ3v) is 6.67. The average Bonchev–Trinajstić information content (AvgIpc) is 3.37. The van der Waals surface area contributed by atoms with Crippen molar-refractivity contribution in [3.8, 4) is 11.8 Å². The van der Waals surface area contributed by atoms with Crippen LogP contribution in [0.2, 0.25) is 0 Å². The molecule has 200 valence electrons. The molecule has 0 radical (unpaired) electrons. The van der Waals surface area contributed by atoms with E-state index in [9.17, 15) is 18.0 Å². The average molecular weight is 533 g/mol. The van der Waals surface area contributed by atoms with E-state index in [2.05, 4.69) is 36.9 Å². The van der Waals surface area contributed by atoms with Crippen molar-refractivity contribution < 1.29 is 18.0 Å². The second-order valence-corrected chi connectivity index (χ2v) is 9.71. The highest BCUT2D eigenvalue weighted by Crippen LogP contribution is 2.32. The van der Waals surface area contributed by atoms with Crippen LogP contribution in [0.4, 0.5) is 18.9 Å². The van der Waals surface area contributed by atoms with E-state index in [1.807, 2.05) is 20.2 Å². The molecule has 0 atom stereocenters. The van der Waals surface area contributed by atoms with E-state index in [4.69, 9.17) is 0 Å². The number of carbonyl (C=O) groups excluding carboxylic acids is 1. The number of rotatable bonds is 4. The number of fused-ring (bicyclic) bond motifs is 1. The van der Waals surface area contributed by atoms with E-state index in [1.54, 1.807) is 47.3 Å². The lowest BCUT2D eigenvalue weighted by Crippen LogP contribution is -2.43. The number of nitrogens with zero attached hydrogens (tertiary/aromatic N) is 5. The van der Waals surface area contributed by atoms with Crippen molar-refractivity contribution in [2.45, 2.75) is 19.6 Å². The Morgan fingerprint density at radius 3 is 2.62 bits per heavy atom. The number of hydrogen-bond donors (Lipinski definition) is 1. The fourth-order valence-electron chi connectivity index (χ4n) is 4.40. The summed E-state index contributed by atoms with van der Waals surface area (Å²) < 4.78 is 42.8. The number of piperazine rings is 1. The van der Waals surface area contributed by atoms with E-state index in [-0.39, 0.29) is 5.69 Å². The minimum absolute atomic E-state index is 0.104. The lowest BCUT2D eigenvalue weighted by Gasteiger charge is -2.32. The van der Waals surface area contributed by atoms with Gasteiger partial charge in [-0.05, 0) is 55.4 Å². The van der Waals surface area contributed by atoms with Crippen molar-refractivity contribution in [1.82, 2.24) is 24.2 Å². The summed E-state index contributed by atoms with van der Waals surface area (Å²) in [4.78, 5) is 25.7. The van der Waals surface area contributed by atoms with Crippen molar-refractivity contribution in [1.29, 1.82) is 0 Å². The third kappa shape index (κ3) is 6.45. The summed E-state index contributed by atoms with van der Waals surface area (Å²) in [5.74, 6) is 6.17. The predicted octanol–water partition coefficient (Wildman–Crippen LogP) is 4.46. The molecule has 5 rings (SSSR count). The van der Waals surface area contributed by atoms with Gasteiger partial charge >= 0.3 is 6.18 Å².